The van der Waals surface area contributed by atoms with Gasteiger partial charge in [0, 0.05) is 17.1 Å². The van der Waals surface area contributed by atoms with Crippen LogP contribution in [-0.4, -0.2) is 28.8 Å². The summed E-state index contributed by atoms with van der Waals surface area (Å²) in [7, 11) is -1.08. The normalized spacial score (nSPS) is 12.5. The van der Waals surface area contributed by atoms with E-state index in [-0.39, 0.29) is 11.7 Å². The summed E-state index contributed by atoms with van der Waals surface area (Å²) in [4.78, 5) is 10.7. The van der Waals surface area contributed by atoms with Gasteiger partial charge in [0.1, 0.15) is 5.75 Å². The molecule has 4 heteroatoms. The fraction of sp³-hybridized carbons (Fsp3) is 0.857. The van der Waals surface area contributed by atoms with Crippen molar-refractivity contribution in [3.05, 3.63) is 0 Å². The summed E-state index contributed by atoms with van der Waals surface area (Å²) in [6.45, 7) is 2.47. The molecule has 0 saturated carbocycles. The highest BCUT2D eigenvalue weighted by molar-refractivity contribution is 7.84. The van der Waals surface area contributed by atoms with E-state index >= 15 is 0 Å². The summed E-state index contributed by atoms with van der Waals surface area (Å²) in [6, 6.07) is 0. The van der Waals surface area contributed by atoms with Crippen molar-refractivity contribution in [2.24, 2.45) is 0 Å². The molecule has 1 atom stereocenters. The highest BCUT2D eigenvalue weighted by Crippen LogP contribution is 1.89. The first-order chi connectivity index (χ1) is 5.16. The van der Waals surface area contributed by atoms with E-state index in [1.165, 1.54) is 6.26 Å². The van der Waals surface area contributed by atoms with Gasteiger partial charge in [-0.2, -0.15) is 0 Å². The van der Waals surface area contributed by atoms with Crippen LogP contribution in [0.25, 0.3) is 0 Å². The van der Waals surface area contributed by atoms with Crippen LogP contribution in [0.4, 0.5) is 0 Å². The van der Waals surface area contributed by atoms with Crippen molar-refractivity contribution >= 4 is 16.8 Å². The lowest BCUT2D eigenvalue weighted by Gasteiger charge is -2.00. The largest absolute Gasteiger partial charge is 0.465 e. The van der Waals surface area contributed by atoms with Crippen molar-refractivity contribution in [1.82, 2.24) is 0 Å². The predicted octanol–water partition coefficient (Wildman–Crippen LogP) is 0.708. The Kier molecular flexibility index (Phi) is 6.12. The van der Waals surface area contributed by atoms with Crippen molar-refractivity contribution in [1.29, 1.82) is 0 Å². The Labute approximate surface area is 69.6 Å². The van der Waals surface area contributed by atoms with Crippen LogP contribution < -0.4 is 0 Å². The number of unbranched alkanes of at least 4 members (excludes halogenated alkanes) is 1. The molecule has 0 radical (unpaired) electrons. The third-order valence-corrected chi connectivity index (χ3v) is 1.72. The number of esters is 1. The smallest absolute Gasteiger partial charge is 0.318 e. The summed E-state index contributed by atoms with van der Waals surface area (Å²) in [5, 5.41) is 0. The van der Waals surface area contributed by atoms with Crippen LogP contribution in [0.3, 0.4) is 0 Å². The second-order valence-corrected chi connectivity index (χ2v) is 3.73. The maximum atomic E-state index is 10.7. The molecule has 0 rings (SSSR count). The molecule has 0 aromatic heterocycles. The molecular formula is C7H14O3S. The zero-order valence-electron chi connectivity index (χ0n) is 6.96. The van der Waals surface area contributed by atoms with Crippen LogP contribution in [0.5, 0.6) is 0 Å². The molecule has 66 valence electrons. The summed E-state index contributed by atoms with van der Waals surface area (Å²) in [5.41, 5.74) is 0. The minimum Gasteiger partial charge on any atom is -0.465 e. The van der Waals surface area contributed by atoms with Gasteiger partial charge in [-0.15, -0.1) is 0 Å². The maximum Gasteiger partial charge on any atom is 0.318 e. The lowest BCUT2D eigenvalue weighted by atomic mass is 10.4. The fourth-order valence-corrected chi connectivity index (χ4v) is 0.953. The summed E-state index contributed by atoms with van der Waals surface area (Å²) in [6.07, 6.45) is 3.37. The molecule has 0 aliphatic heterocycles. The monoisotopic (exact) mass is 178 g/mol. The van der Waals surface area contributed by atoms with Crippen molar-refractivity contribution in [2.75, 3.05) is 18.6 Å². The molecule has 0 saturated heterocycles. The number of carbonyl (C=O) groups is 1. The van der Waals surface area contributed by atoms with Crippen LogP contribution in [0, 0.1) is 0 Å². The summed E-state index contributed by atoms with van der Waals surface area (Å²) in [5.74, 6) is -0.344. The van der Waals surface area contributed by atoms with Crippen LogP contribution >= 0.6 is 0 Å². The SMILES string of the molecule is CCCCOC(=O)CS(C)=O. The Morgan fingerprint density at radius 2 is 2.18 bits per heavy atom. The molecule has 0 bridgehead atoms. The average molecular weight is 178 g/mol. The predicted molar refractivity (Wildman–Crippen MR) is 44.8 cm³/mol. The minimum atomic E-state index is -1.08. The highest BCUT2D eigenvalue weighted by Gasteiger charge is 2.03. The van der Waals surface area contributed by atoms with E-state index in [1.807, 2.05) is 6.92 Å². The van der Waals surface area contributed by atoms with Gasteiger partial charge in [-0.25, -0.2) is 0 Å². The zero-order valence-corrected chi connectivity index (χ0v) is 7.78. The van der Waals surface area contributed by atoms with E-state index in [4.69, 9.17) is 4.74 Å². The van der Waals surface area contributed by atoms with Crippen LogP contribution in [0.15, 0.2) is 0 Å². The van der Waals surface area contributed by atoms with Gasteiger partial charge in [0.15, 0.2) is 0 Å². The van der Waals surface area contributed by atoms with E-state index in [2.05, 4.69) is 0 Å². The van der Waals surface area contributed by atoms with Crippen LogP contribution in [0.2, 0.25) is 0 Å². The molecule has 0 spiro atoms. The molecule has 0 heterocycles. The van der Waals surface area contributed by atoms with E-state index in [9.17, 15) is 9.00 Å². The van der Waals surface area contributed by atoms with Crippen molar-refractivity contribution in [3.8, 4) is 0 Å². The van der Waals surface area contributed by atoms with E-state index in [0.29, 0.717) is 6.61 Å². The fourth-order valence-electron chi connectivity index (χ4n) is 0.538. The second kappa shape index (κ2) is 6.34. The van der Waals surface area contributed by atoms with Crippen LogP contribution in [0.1, 0.15) is 19.8 Å². The number of hydrogen-bond acceptors (Lipinski definition) is 3. The van der Waals surface area contributed by atoms with Crippen molar-refractivity contribution < 1.29 is 13.7 Å². The molecule has 11 heavy (non-hydrogen) atoms. The molecule has 0 N–H and O–H groups in total. The summed E-state index contributed by atoms with van der Waals surface area (Å²) < 4.78 is 15.3. The van der Waals surface area contributed by atoms with E-state index < -0.39 is 10.8 Å². The van der Waals surface area contributed by atoms with E-state index in [0.717, 1.165) is 12.8 Å². The van der Waals surface area contributed by atoms with Gasteiger partial charge in [-0.1, -0.05) is 13.3 Å². The van der Waals surface area contributed by atoms with Gasteiger partial charge in [0.05, 0.1) is 6.61 Å². The topological polar surface area (TPSA) is 43.4 Å². The third kappa shape index (κ3) is 7.52. The standard InChI is InChI=1S/C7H14O3S/c1-3-4-5-10-7(8)6-11(2)9/h3-6H2,1-2H3. The van der Waals surface area contributed by atoms with Gasteiger partial charge >= 0.3 is 5.97 Å². The lowest BCUT2D eigenvalue weighted by Crippen LogP contribution is -2.13. The van der Waals surface area contributed by atoms with Gasteiger partial charge in [-0.3, -0.25) is 9.00 Å². The molecule has 0 aliphatic rings. The number of carbonyl (C=O) groups excluding carboxylic acids is 1. The van der Waals surface area contributed by atoms with Crippen molar-refractivity contribution in [2.45, 2.75) is 19.8 Å². The maximum absolute atomic E-state index is 10.7. The zero-order chi connectivity index (χ0) is 8.69. The molecule has 0 fully saturated rings. The molecular weight excluding hydrogens is 164 g/mol. The van der Waals surface area contributed by atoms with Gasteiger partial charge in [0.2, 0.25) is 0 Å². The Bertz CT molecular complexity index is 145. The molecule has 0 amide bonds. The average Bonchev–Trinajstić information content (AvgIpc) is 1.86. The molecule has 0 aromatic rings. The number of rotatable bonds is 5. The molecule has 0 aromatic carbocycles. The summed E-state index contributed by atoms with van der Waals surface area (Å²) >= 11 is 0. The lowest BCUT2D eigenvalue weighted by molar-refractivity contribution is -0.140. The van der Waals surface area contributed by atoms with Crippen LogP contribution in [-0.2, 0) is 20.3 Å². The van der Waals surface area contributed by atoms with E-state index in [1.54, 1.807) is 0 Å². The Hall–Kier alpha value is -0.380. The number of hydrogen-bond donors (Lipinski definition) is 0. The van der Waals surface area contributed by atoms with Gasteiger partial charge < -0.3 is 4.74 Å². The van der Waals surface area contributed by atoms with Gasteiger partial charge in [-0.05, 0) is 6.42 Å². The Morgan fingerprint density at radius 3 is 2.64 bits per heavy atom. The highest BCUT2D eigenvalue weighted by atomic mass is 32.2. The van der Waals surface area contributed by atoms with Crippen molar-refractivity contribution in [3.63, 3.8) is 0 Å². The quantitative estimate of drug-likeness (QED) is 0.460. The van der Waals surface area contributed by atoms with Gasteiger partial charge in [0.25, 0.3) is 0 Å². The minimum absolute atomic E-state index is 0.0176. The Balaban J connectivity index is 3.30. The second-order valence-electron chi connectivity index (χ2n) is 2.29. The first-order valence-electron chi connectivity index (χ1n) is 3.62. The number of ether oxygens (including phenoxy) is 1. The molecule has 0 aliphatic carbocycles. The third-order valence-electron chi connectivity index (χ3n) is 1.08. The Morgan fingerprint density at radius 1 is 1.55 bits per heavy atom. The molecule has 1 unspecified atom stereocenters. The first-order valence-corrected chi connectivity index (χ1v) is 5.35. The molecule has 3 nitrogen and oxygen atoms in total. The first kappa shape index (κ1) is 10.6.